The highest BCUT2D eigenvalue weighted by Gasteiger charge is 2.09. The van der Waals surface area contributed by atoms with Crippen LogP contribution in [0.4, 0.5) is 5.82 Å². The maximum absolute atomic E-state index is 9.02. The summed E-state index contributed by atoms with van der Waals surface area (Å²) < 4.78 is 5.01. The number of nitriles is 1. The molecule has 5 nitrogen and oxygen atoms in total. The van der Waals surface area contributed by atoms with Crippen molar-refractivity contribution in [1.82, 2.24) is 4.98 Å². The van der Waals surface area contributed by atoms with Gasteiger partial charge < -0.3 is 14.7 Å². The van der Waals surface area contributed by atoms with Gasteiger partial charge in [0, 0.05) is 25.9 Å². The van der Waals surface area contributed by atoms with Gasteiger partial charge in [-0.25, -0.2) is 4.98 Å². The maximum atomic E-state index is 9.02. The van der Waals surface area contributed by atoms with Crippen molar-refractivity contribution < 1.29 is 9.84 Å². The Morgan fingerprint density at radius 3 is 2.82 bits per heavy atom. The van der Waals surface area contributed by atoms with Crippen LogP contribution >= 0.6 is 0 Å². The molecular weight excluding hydrogens is 218 g/mol. The number of pyridine rings is 1. The smallest absolute Gasteiger partial charge is 0.130 e. The molecule has 1 N–H and O–H groups in total. The average molecular weight is 235 g/mol. The van der Waals surface area contributed by atoms with E-state index in [2.05, 4.69) is 11.1 Å². The van der Waals surface area contributed by atoms with Crippen LogP contribution in [0.15, 0.2) is 12.1 Å². The van der Waals surface area contributed by atoms with E-state index in [9.17, 15) is 0 Å². The van der Waals surface area contributed by atoms with Crippen LogP contribution in [0.5, 0.6) is 0 Å². The first-order valence-electron chi connectivity index (χ1n) is 5.44. The van der Waals surface area contributed by atoms with Gasteiger partial charge in [-0.15, -0.1) is 0 Å². The largest absolute Gasteiger partial charge is 0.395 e. The van der Waals surface area contributed by atoms with Crippen LogP contribution in [0.25, 0.3) is 0 Å². The number of hydrogen-bond donors (Lipinski definition) is 1. The van der Waals surface area contributed by atoms with Crippen molar-refractivity contribution in [2.24, 2.45) is 0 Å². The average Bonchev–Trinajstić information content (AvgIpc) is 2.33. The third-order valence-electron chi connectivity index (χ3n) is 2.33. The molecule has 92 valence electrons. The van der Waals surface area contributed by atoms with Crippen LogP contribution in [0.2, 0.25) is 0 Å². The normalized spacial score (nSPS) is 10.0. The van der Waals surface area contributed by atoms with Gasteiger partial charge in [0.25, 0.3) is 0 Å². The van der Waals surface area contributed by atoms with Gasteiger partial charge in [-0.05, 0) is 19.1 Å². The Balaban J connectivity index is 2.92. The van der Waals surface area contributed by atoms with E-state index in [1.54, 1.807) is 19.2 Å². The molecule has 5 heteroatoms. The summed E-state index contributed by atoms with van der Waals surface area (Å²) in [5.41, 5.74) is 1.37. The number of aliphatic hydroxyl groups is 1. The van der Waals surface area contributed by atoms with Gasteiger partial charge in [-0.1, -0.05) is 0 Å². The molecule has 0 aliphatic heterocycles. The minimum absolute atomic E-state index is 0.0429. The van der Waals surface area contributed by atoms with Crippen molar-refractivity contribution in [3.8, 4) is 6.07 Å². The Kier molecular flexibility index (Phi) is 5.40. The second kappa shape index (κ2) is 6.84. The second-order valence-electron chi connectivity index (χ2n) is 3.67. The number of methoxy groups -OCH3 is 1. The number of anilines is 1. The molecule has 0 amide bonds. The van der Waals surface area contributed by atoms with E-state index in [0.29, 0.717) is 31.1 Å². The van der Waals surface area contributed by atoms with Crippen LogP contribution in [0.1, 0.15) is 11.3 Å². The molecule has 0 atom stereocenters. The van der Waals surface area contributed by atoms with Crippen LogP contribution in [-0.4, -0.2) is 43.5 Å². The number of aliphatic hydroxyl groups excluding tert-OH is 1. The Labute approximate surface area is 101 Å². The zero-order valence-corrected chi connectivity index (χ0v) is 10.2. The van der Waals surface area contributed by atoms with Crippen LogP contribution < -0.4 is 4.90 Å². The van der Waals surface area contributed by atoms with Crippen molar-refractivity contribution in [2.45, 2.75) is 6.92 Å². The minimum atomic E-state index is 0.0429. The lowest BCUT2D eigenvalue weighted by atomic mass is 10.2. The van der Waals surface area contributed by atoms with Gasteiger partial charge >= 0.3 is 0 Å². The molecule has 1 heterocycles. The first kappa shape index (κ1) is 13.4. The molecule has 17 heavy (non-hydrogen) atoms. The van der Waals surface area contributed by atoms with Crippen molar-refractivity contribution in [3.05, 3.63) is 23.4 Å². The van der Waals surface area contributed by atoms with Gasteiger partial charge in [0.05, 0.1) is 24.8 Å². The van der Waals surface area contributed by atoms with E-state index in [1.165, 1.54) is 0 Å². The highest BCUT2D eigenvalue weighted by Crippen LogP contribution is 2.14. The molecule has 1 rings (SSSR count). The molecule has 1 aromatic heterocycles. The molecule has 0 aliphatic carbocycles. The second-order valence-corrected chi connectivity index (χ2v) is 3.67. The van der Waals surface area contributed by atoms with Gasteiger partial charge in [-0.3, -0.25) is 0 Å². The molecule has 0 saturated carbocycles. The Morgan fingerprint density at radius 1 is 1.47 bits per heavy atom. The fourth-order valence-corrected chi connectivity index (χ4v) is 1.54. The van der Waals surface area contributed by atoms with E-state index in [0.717, 1.165) is 5.69 Å². The lowest BCUT2D eigenvalue weighted by Gasteiger charge is -2.22. The first-order chi connectivity index (χ1) is 8.21. The molecule has 0 spiro atoms. The van der Waals surface area contributed by atoms with Gasteiger partial charge in [0.1, 0.15) is 5.82 Å². The van der Waals surface area contributed by atoms with Crippen LogP contribution in [0.3, 0.4) is 0 Å². The predicted molar refractivity (Wildman–Crippen MR) is 64.9 cm³/mol. The number of aromatic nitrogens is 1. The summed E-state index contributed by atoms with van der Waals surface area (Å²) in [6.07, 6.45) is 0. The number of rotatable bonds is 6. The van der Waals surface area contributed by atoms with Crippen molar-refractivity contribution in [3.63, 3.8) is 0 Å². The highest BCUT2D eigenvalue weighted by molar-refractivity contribution is 5.46. The standard InChI is InChI=1S/C12H17N3O2/c1-10-7-11(9-13)8-12(14-10)15(3-5-16)4-6-17-2/h7-8,16H,3-6H2,1-2H3. The highest BCUT2D eigenvalue weighted by atomic mass is 16.5. The molecule has 0 radical (unpaired) electrons. The van der Waals surface area contributed by atoms with E-state index in [-0.39, 0.29) is 6.61 Å². The summed E-state index contributed by atoms with van der Waals surface area (Å²) in [5.74, 6) is 0.702. The molecule has 0 unspecified atom stereocenters. The summed E-state index contributed by atoms with van der Waals surface area (Å²) in [6.45, 7) is 3.56. The summed E-state index contributed by atoms with van der Waals surface area (Å²) in [6, 6.07) is 5.55. The maximum Gasteiger partial charge on any atom is 0.130 e. The van der Waals surface area contributed by atoms with E-state index < -0.39 is 0 Å². The van der Waals surface area contributed by atoms with Crippen LogP contribution in [-0.2, 0) is 4.74 Å². The zero-order valence-electron chi connectivity index (χ0n) is 10.2. The Bertz CT molecular complexity index is 401. The number of ether oxygens (including phenoxy) is 1. The van der Waals surface area contributed by atoms with Crippen molar-refractivity contribution in [1.29, 1.82) is 5.26 Å². The number of hydrogen-bond acceptors (Lipinski definition) is 5. The summed E-state index contributed by atoms with van der Waals surface area (Å²) in [7, 11) is 1.63. The van der Waals surface area contributed by atoms with Gasteiger partial charge in [0.2, 0.25) is 0 Å². The monoisotopic (exact) mass is 235 g/mol. The summed E-state index contributed by atoms with van der Waals surface area (Å²) in [5, 5.41) is 17.9. The SMILES string of the molecule is COCCN(CCO)c1cc(C#N)cc(C)n1. The topological polar surface area (TPSA) is 69.4 Å². The molecule has 1 aromatic rings. The van der Waals surface area contributed by atoms with Gasteiger partial charge in [-0.2, -0.15) is 5.26 Å². The zero-order chi connectivity index (χ0) is 12.7. The van der Waals surface area contributed by atoms with Gasteiger partial charge in [0.15, 0.2) is 0 Å². The molecular formula is C12H17N3O2. The van der Waals surface area contributed by atoms with E-state index >= 15 is 0 Å². The molecule has 0 aliphatic rings. The fraction of sp³-hybridized carbons (Fsp3) is 0.500. The summed E-state index contributed by atoms with van der Waals surface area (Å²) >= 11 is 0. The van der Waals surface area contributed by atoms with E-state index in [4.69, 9.17) is 15.1 Å². The minimum Gasteiger partial charge on any atom is -0.395 e. The fourth-order valence-electron chi connectivity index (χ4n) is 1.54. The first-order valence-corrected chi connectivity index (χ1v) is 5.44. The molecule has 0 saturated heterocycles. The molecule has 0 bridgehead atoms. The molecule has 0 fully saturated rings. The lowest BCUT2D eigenvalue weighted by Crippen LogP contribution is -2.31. The Hall–Kier alpha value is -1.64. The predicted octanol–water partition coefficient (Wildman–Crippen LogP) is 0.707. The van der Waals surface area contributed by atoms with Crippen LogP contribution in [0, 0.1) is 18.3 Å². The van der Waals surface area contributed by atoms with Crippen molar-refractivity contribution in [2.75, 3.05) is 38.3 Å². The number of nitrogens with zero attached hydrogens (tertiary/aromatic N) is 3. The Morgan fingerprint density at radius 2 is 2.24 bits per heavy atom. The quantitative estimate of drug-likeness (QED) is 0.786. The molecule has 0 aromatic carbocycles. The summed E-state index contributed by atoms with van der Waals surface area (Å²) in [4.78, 5) is 6.26. The third kappa shape index (κ3) is 4.02. The van der Waals surface area contributed by atoms with Crippen molar-refractivity contribution >= 4 is 5.82 Å². The third-order valence-corrected chi connectivity index (χ3v) is 2.33. The van der Waals surface area contributed by atoms with E-state index in [1.807, 2.05) is 11.8 Å². The number of aryl methyl sites for hydroxylation is 1. The lowest BCUT2D eigenvalue weighted by molar-refractivity contribution is 0.202.